The van der Waals surface area contributed by atoms with E-state index in [0.29, 0.717) is 39.5 Å². The molecule has 42 heavy (non-hydrogen) atoms. The molecule has 6 rings (SSSR count). The topological polar surface area (TPSA) is 103 Å². The van der Waals surface area contributed by atoms with Gasteiger partial charge in [-0.05, 0) is 89.0 Å². The van der Waals surface area contributed by atoms with Crippen LogP contribution in [0.3, 0.4) is 0 Å². The number of rotatable bonds is 6. The van der Waals surface area contributed by atoms with Crippen LogP contribution in [0.4, 0.5) is 0 Å². The number of aromatic nitrogens is 3. The summed E-state index contributed by atoms with van der Waals surface area (Å²) in [6.07, 6.45) is 0. The van der Waals surface area contributed by atoms with Gasteiger partial charge in [0.05, 0.1) is 23.3 Å². The Balaban J connectivity index is 1.51. The summed E-state index contributed by atoms with van der Waals surface area (Å²) in [5.74, 6) is 0.254. The van der Waals surface area contributed by atoms with Gasteiger partial charge in [-0.15, -0.1) is 0 Å². The predicted molar refractivity (Wildman–Crippen MR) is 161 cm³/mol. The van der Waals surface area contributed by atoms with Crippen LogP contribution in [-0.2, 0) is 0 Å². The molecule has 5 aromatic carbocycles. The first-order valence-corrected chi connectivity index (χ1v) is 13.2. The number of hydrogen-bond donors (Lipinski definition) is 0. The zero-order chi connectivity index (χ0) is 28.9. The molecule has 196 valence electrons. The molecular formula is C36H21N5O. The summed E-state index contributed by atoms with van der Waals surface area (Å²) in [5, 5.41) is 18.5. The Labute approximate surface area is 242 Å². The van der Waals surface area contributed by atoms with Crippen molar-refractivity contribution in [2.75, 3.05) is 0 Å². The molecule has 6 aromatic rings. The first-order chi connectivity index (χ1) is 20.6. The summed E-state index contributed by atoms with van der Waals surface area (Å²) in [7, 11) is 0. The SMILES string of the molecule is N#Cc1ccc(-c2nc(C(=O)c3cc(-c4ccccc4)cc(-c4ccccc4)c3)nc(-c3ccc(C#N)cc3)n2)cc1. The molecule has 0 radical (unpaired) electrons. The van der Waals surface area contributed by atoms with E-state index in [1.165, 1.54) is 0 Å². The van der Waals surface area contributed by atoms with E-state index < -0.39 is 0 Å². The minimum Gasteiger partial charge on any atom is -0.285 e. The van der Waals surface area contributed by atoms with E-state index in [-0.39, 0.29) is 11.6 Å². The van der Waals surface area contributed by atoms with Crippen LogP contribution in [0.1, 0.15) is 27.3 Å². The second-order valence-corrected chi connectivity index (χ2v) is 9.54. The van der Waals surface area contributed by atoms with Gasteiger partial charge in [0.15, 0.2) is 11.6 Å². The van der Waals surface area contributed by atoms with Crippen LogP contribution in [0.15, 0.2) is 127 Å². The molecule has 0 saturated heterocycles. The van der Waals surface area contributed by atoms with E-state index in [2.05, 4.69) is 33.2 Å². The molecule has 0 atom stereocenters. The fraction of sp³-hybridized carbons (Fsp3) is 0. The molecule has 0 amide bonds. The molecule has 0 spiro atoms. The molecule has 6 nitrogen and oxygen atoms in total. The number of nitriles is 2. The van der Waals surface area contributed by atoms with Gasteiger partial charge in [0, 0.05) is 16.7 Å². The molecule has 0 saturated carbocycles. The van der Waals surface area contributed by atoms with E-state index in [4.69, 9.17) is 0 Å². The Morgan fingerprint density at radius 1 is 0.476 bits per heavy atom. The van der Waals surface area contributed by atoms with Crippen LogP contribution in [-0.4, -0.2) is 20.7 Å². The number of ketones is 1. The molecule has 6 heteroatoms. The minimum atomic E-state index is -0.350. The van der Waals surface area contributed by atoms with Gasteiger partial charge in [-0.2, -0.15) is 10.5 Å². The summed E-state index contributed by atoms with van der Waals surface area (Å²) >= 11 is 0. The van der Waals surface area contributed by atoms with Crippen LogP contribution >= 0.6 is 0 Å². The van der Waals surface area contributed by atoms with Gasteiger partial charge in [-0.1, -0.05) is 60.7 Å². The molecule has 0 bridgehead atoms. The van der Waals surface area contributed by atoms with Crippen molar-refractivity contribution in [3.8, 4) is 57.2 Å². The van der Waals surface area contributed by atoms with Crippen molar-refractivity contribution in [1.29, 1.82) is 10.5 Å². The van der Waals surface area contributed by atoms with Crippen LogP contribution in [0.5, 0.6) is 0 Å². The zero-order valence-electron chi connectivity index (χ0n) is 22.3. The van der Waals surface area contributed by atoms with E-state index >= 15 is 0 Å². The summed E-state index contributed by atoms with van der Waals surface area (Å²) in [5.41, 5.74) is 6.49. The van der Waals surface area contributed by atoms with Crippen molar-refractivity contribution < 1.29 is 4.79 Å². The van der Waals surface area contributed by atoms with Crippen molar-refractivity contribution >= 4 is 5.78 Å². The van der Waals surface area contributed by atoms with Crippen LogP contribution in [0.2, 0.25) is 0 Å². The van der Waals surface area contributed by atoms with E-state index in [1.54, 1.807) is 48.5 Å². The zero-order valence-corrected chi connectivity index (χ0v) is 22.3. The lowest BCUT2D eigenvalue weighted by molar-refractivity contribution is 0.102. The fourth-order valence-electron chi connectivity index (χ4n) is 4.61. The quantitative estimate of drug-likeness (QED) is 0.203. The van der Waals surface area contributed by atoms with Crippen LogP contribution < -0.4 is 0 Å². The molecule has 1 aromatic heterocycles. The third-order valence-corrected chi connectivity index (χ3v) is 6.79. The number of carbonyl (C=O) groups is 1. The lowest BCUT2D eigenvalue weighted by Gasteiger charge is -2.11. The van der Waals surface area contributed by atoms with Gasteiger partial charge < -0.3 is 0 Å². The number of hydrogen-bond acceptors (Lipinski definition) is 6. The van der Waals surface area contributed by atoms with Gasteiger partial charge in [0.25, 0.3) is 0 Å². The van der Waals surface area contributed by atoms with Crippen molar-refractivity contribution in [2.24, 2.45) is 0 Å². The van der Waals surface area contributed by atoms with Crippen molar-refractivity contribution in [3.63, 3.8) is 0 Å². The summed E-state index contributed by atoms with van der Waals surface area (Å²) in [6, 6.07) is 43.5. The third kappa shape index (κ3) is 5.42. The van der Waals surface area contributed by atoms with Gasteiger partial charge in [0.2, 0.25) is 11.6 Å². The van der Waals surface area contributed by atoms with Crippen LogP contribution in [0, 0.1) is 22.7 Å². The first kappa shape index (κ1) is 26.0. The standard InChI is InChI=1S/C36H21N5O/c37-22-24-11-15-28(16-12-24)34-39-35(29-17-13-25(23-38)14-18-29)41-36(40-34)33(42)32-20-30(26-7-3-1-4-8-26)19-31(21-32)27-9-5-2-6-10-27/h1-21H. The monoisotopic (exact) mass is 539 g/mol. The van der Waals surface area contributed by atoms with Gasteiger partial charge in [-0.25, -0.2) is 15.0 Å². The fourth-order valence-corrected chi connectivity index (χ4v) is 4.61. The van der Waals surface area contributed by atoms with Gasteiger partial charge in [0.1, 0.15) is 0 Å². The van der Waals surface area contributed by atoms with Crippen molar-refractivity contribution in [2.45, 2.75) is 0 Å². The molecular weight excluding hydrogens is 518 g/mol. The Morgan fingerprint density at radius 2 is 0.905 bits per heavy atom. The highest BCUT2D eigenvalue weighted by molar-refractivity contribution is 6.08. The number of benzene rings is 5. The largest absolute Gasteiger partial charge is 0.285 e. The molecule has 0 N–H and O–H groups in total. The van der Waals surface area contributed by atoms with Crippen molar-refractivity contribution in [3.05, 3.63) is 150 Å². The average Bonchev–Trinajstić information content (AvgIpc) is 3.08. The molecule has 0 aliphatic rings. The lowest BCUT2D eigenvalue weighted by Crippen LogP contribution is -2.11. The Hall–Kier alpha value is -6.24. The summed E-state index contributed by atoms with van der Waals surface area (Å²) < 4.78 is 0. The maximum Gasteiger partial charge on any atom is 0.230 e. The predicted octanol–water partition coefficient (Wildman–Crippen LogP) is 7.51. The minimum absolute atomic E-state index is 0.00653. The molecule has 1 heterocycles. The highest BCUT2D eigenvalue weighted by Crippen LogP contribution is 2.30. The molecule has 0 aliphatic carbocycles. The summed E-state index contributed by atoms with van der Waals surface area (Å²) in [6.45, 7) is 0. The van der Waals surface area contributed by atoms with Gasteiger partial charge in [-0.3, -0.25) is 4.79 Å². The average molecular weight is 540 g/mol. The molecule has 0 fully saturated rings. The smallest absolute Gasteiger partial charge is 0.230 e. The third-order valence-electron chi connectivity index (χ3n) is 6.79. The van der Waals surface area contributed by atoms with Crippen molar-refractivity contribution in [1.82, 2.24) is 15.0 Å². The highest BCUT2D eigenvalue weighted by Gasteiger charge is 2.20. The van der Waals surface area contributed by atoms with E-state index in [1.807, 2.05) is 72.8 Å². The molecule has 0 aliphatic heterocycles. The Kier molecular flexibility index (Phi) is 7.10. The second kappa shape index (κ2) is 11.5. The van der Waals surface area contributed by atoms with E-state index in [0.717, 1.165) is 22.3 Å². The summed E-state index contributed by atoms with van der Waals surface area (Å²) in [4.78, 5) is 28.0. The maximum absolute atomic E-state index is 14.1. The number of nitrogens with zero attached hydrogens (tertiary/aromatic N) is 5. The van der Waals surface area contributed by atoms with Gasteiger partial charge >= 0.3 is 0 Å². The van der Waals surface area contributed by atoms with Crippen LogP contribution in [0.25, 0.3) is 45.0 Å². The second-order valence-electron chi connectivity index (χ2n) is 9.54. The number of carbonyl (C=O) groups excluding carboxylic acids is 1. The first-order valence-electron chi connectivity index (χ1n) is 13.2. The Bertz CT molecular complexity index is 1860. The lowest BCUT2D eigenvalue weighted by atomic mass is 9.94. The Morgan fingerprint density at radius 3 is 1.31 bits per heavy atom. The highest BCUT2D eigenvalue weighted by atomic mass is 16.1. The van der Waals surface area contributed by atoms with E-state index in [9.17, 15) is 15.3 Å². The maximum atomic E-state index is 14.1. The molecule has 0 unspecified atom stereocenters. The normalized spacial score (nSPS) is 10.4.